The Balaban J connectivity index is 1.50. The molecule has 0 unspecified atom stereocenters. The molecular weight excluding hydrogens is 436 g/mol. The van der Waals surface area contributed by atoms with Gasteiger partial charge in [0.05, 0.1) is 38.8 Å². The number of anilines is 2. The number of aromatic nitrogens is 3. The third kappa shape index (κ3) is 6.55. The van der Waals surface area contributed by atoms with E-state index in [0.717, 1.165) is 48.0 Å². The number of aryl methyl sites for hydroxylation is 2. The Kier molecular flexibility index (Phi) is 8.11. The maximum atomic E-state index is 6.01. The van der Waals surface area contributed by atoms with Gasteiger partial charge in [0, 0.05) is 24.2 Å². The largest absolute Gasteiger partial charge is 0.497 e. The van der Waals surface area contributed by atoms with Crippen molar-refractivity contribution >= 4 is 11.6 Å². The highest BCUT2D eigenvalue weighted by molar-refractivity contribution is 5.57. The molecule has 2 aromatic heterocycles. The van der Waals surface area contributed by atoms with Crippen molar-refractivity contribution in [3.63, 3.8) is 0 Å². The smallest absolute Gasteiger partial charge is 0.230 e. The molecule has 180 valence electrons. The first-order valence-corrected chi connectivity index (χ1v) is 11.3. The second kappa shape index (κ2) is 11.6. The molecule has 0 saturated carbocycles. The van der Waals surface area contributed by atoms with E-state index in [1.54, 1.807) is 20.3 Å². The van der Waals surface area contributed by atoms with Crippen LogP contribution in [0.2, 0.25) is 0 Å². The molecule has 1 saturated heterocycles. The molecule has 1 aliphatic heterocycles. The number of ether oxygens (including phenoxy) is 5. The van der Waals surface area contributed by atoms with Gasteiger partial charge < -0.3 is 29.0 Å². The summed E-state index contributed by atoms with van der Waals surface area (Å²) in [5, 5.41) is 3.26. The summed E-state index contributed by atoms with van der Waals surface area (Å²) in [6, 6.07) is 13.3. The van der Waals surface area contributed by atoms with Gasteiger partial charge in [0.1, 0.15) is 12.4 Å². The SMILES string of the molecule is COc1ccc(COc2cc(CCC3OCCCO3)nc(Nc3ccc(OC)nc3C)n2)cc1. The van der Waals surface area contributed by atoms with Crippen molar-refractivity contribution in [2.75, 3.05) is 32.8 Å². The minimum absolute atomic E-state index is 0.211. The fraction of sp³-hybridized carbons (Fsp3) is 0.400. The number of nitrogens with one attached hydrogen (secondary N) is 1. The second-order valence-corrected chi connectivity index (χ2v) is 7.83. The third-order valence-corrected chi connectivity index (χ3v) is 5.35. The Labute approximate surface area is 199 Å². The lowest BCUT2D eigenvalue weighted by molar-refractivity contribution is -0.180. The molecule has 3 aromatic rings. The number of pyridine rings is 1. The maximum absolute atomic E-state index is 6.01. The third-order valence-electron chi connectivity index (χ3n) is 5.35. The minimum Gasteiger partial charge on any atom is -0.497 e. The zero-order chi connectivity index (χ0) is 23.8. The lowest BCUT2D eigenvalue weighted by Crippen LogP contribution is -2.25. The molecule has 34 heavy (non-hydrogen) atoms. The van der Waals surface area contributed by atoms with Crippen molar-refractivity contribution in [3.05, 3.63) is 59.4 Å². The lowest BCUT2D eigenvalue weighted by Gasteiger charge is -2.23. The van der Waals surface area contributed by atoms with E-state index in [2.05, 4.69) is 20.3 Å². The van der Waals surface area contributed by atoms with Crippen LogP contribution in [0.25, 0.3) is 0 Å². The molecular formula is C25H30N4O5. The minimum atomic E-state index is -0.211. The van der Waals surface area contributed by atoms with Gasteiger partial charge in [0.25, 0.3) is 0 Å². The summed E-state index contributed by atoms with van der Waals surface area (Å²) in [6.07, 6.45) is 2.09. The molecule has 1 aliphatic rings. The normalized spacial score (nSPS) is 14.0. The van der Waals surface area contributed by atoms with Crippen LogP contribution in [0.15, 0.2) is 42.5 Å². The fourth-order valence-corrected chi connectivity index (χ4v) is 3.48. The first-order chi connectivity index (χ1) is 16.6. The van der Waals surface area contributed by atoms with E-state index >= 15 is 0 Å². The van der Waals surface area contributed by atoms with Crippen LogP contribution in [0.1, 0.15) is 29.8 Å². The molecule has 0 atom stereocenters. The maximum Gasteiger partial charge on any atom is 0.230 e. The quantitative estimate of drug-likeness (QED) is 0.471. The zero-order valence-electron chi connectivity index (χ0n) is 19.7. The number of nitrogens with zero attached hydrogens (tertiary/aromatic N) is 3. The molecule has 9 nitrogen and oxygen atoms in total. The van der Waals surface area contributed by atoms with Gasteiger partial charge in [-0.15, -0.1) is 0 Å². The van der Waals surface area contributed by atoms with Gasteiger partial charge in [0.15, 0.2) is 6.29 Å². The Hall–Kier alpha value is -3.43. The van der Waals surface area contributed by atoms with Crippen LogP contribution in [0.3, 0.4) is 0 Å². The number of methoxy groups -OCH3 is 2. The van der Waals surface area contributed by atoms with E-state index in [1.807, 2.05) is 43.3 Å². The predicted molar refractivity (Wildman–Crippen MR) is 127 cm³/mol. The van der Waals surface area contributed by atoms with Crippen LogP contribution in [0.4, 0.5) is 11.6 Å². The van der Waals surface area contributed by atoms with E-state index in [1.165, 1.54) is 0 Å². The van der Waals surface area contributed by atoms with Gasteiger partial charge in [-0.2, -0.15) is 4.98 Å². The van der Waals surface area contributed by atoms with Gasteiger partial charge in [-0.25, -0.2) is 9.97 Å². The number of rotatable bonds is 10. The Morgan fingerprint density at radius 2 is 1.74 bits per heavy atom. The van der Waals surface area contributed by atoms with Crippen molar-refractivity contribution < 1.29 is 23.7 Å². The van der Waals surface area contributed by atoms with E-state index < -0.39 is 0 Å². The van der Waals surface area contributed by atoms with Crippen LogP contribution >= 0.6 is 0 Å². The van der Waals surface area contributed by atoms with Gasteiger partial charge in [-0.3, -0.25) is 0 Å². The molecule has 0 amide bonds. The number of hydrogen-bond acceptors (Lipinski definition) is 9. The van der Waals surface area contributed by atoms with Crippen molar-refractivity contribution in [1.29, 1.82) is 0 Å². The summed E-state index contributed by atoms with van der Waals surface area (Å²) in [5.41, 5.74) is 3.41. The molecule has 9 heteroatoms. The van der Waals surface area contributed by atoms with Crippen LogP contribution in [-0.2, 0) is 22.5 Å². The average molecular weight is 467 g/mol. The summed E-state index contributed by atoms with van der Waals surface area (Å²) >= 11 is 0. The van der Waals surface area contributed by atoms with E-state index in [-0.39, 0.29) is 6.29 Å². The summed E-state index contributed by atoms with van der Waals surface area (Å²) in [6.45, 7) is 3.72. The van der Waals surface area contributed by atoms with Gasteiger partial charge >= 0.3 is 0 Å². The van der Waals surface area contributed by atoms with E-state index in [9.17, 15) is 0 Å². The van der Waals surface area contributed by atoms with E-state index in [0.29, 0.717) is 37.2 Å². The van der Waals surface area contributed by atoms with Crippen LogP contribution < -0.4 is 19.5 Å². The molecule has 1 aromatic carbocycles. The molecule has 0 aliphatic carbocycles. The Morgan fingerprint density at radius 3 is 2.44 bits per heavy atom. The van der Waals surface area contributed by atoms with Gasteiger partial charge in [0.2, 0.25) is 17.7 Å². The second-order valence-electron chi connectivity index (χ2n) is 7.83. The van der Waals surface area contributed by atoms with Crippen LogP contribution in [0, 0.1) is 6.92 Å². The fourth-order valence-electron chi connectivity index (χ4n) is 3.48. The van der Waals surface area contributed by atoms with Crippen LogP contribution in [0.5, 0.6) is 17.5 Å². The molecule has 1 fully saturated rings. The Bertz CT molecular complexity index is 1070. The van der Waals surface area contributed by atoms with Crippen molar-refractivity contribution in [3.8, 4) is 17.5 Å². The topological polar surface area (TPSA) is 96.9 Å². The van der Waals surface area contributed by atoms with E-state index in [4.69, 9.17) is 23.7 Å². The molecule has 1 N–H and O–H groups in total. The Morgan fingerprint density at radius 1 is 0.941 bits per heavy atom. The first-order valence-electron chi connectivity index (χ1n) is 11.3. The predicted octanol–water partition coefficient (Wildman–Crippen LogP) is 4.22. The van der Waals surface area contributed by atoms with Crippen LogP contribution in [-0.4, -0.2) is 48.7 Å². The number of hydrogen-bond donors (Lipinski definition) is 1. The molecule has 0 radical (unpaired) electrons. The number of benzene rings is 1. The highest BCUT2D eigenvalue weighted by Gasteiger charge is 2.16. The van der Waals surface area contributed by atoms with Gasteiger partial charge in [-0.05, 0) is 43.5 Å². The van der Waals surface area contributed by atoms with Crippen molar-refractivity contribution in [2.45, 2.75) is 39.1 Å². The summed E-state index contributed by atoms with van der Waals surface area (Å²) in [5.74, 6) is 2.26. The molecule has 4 rings (SSSR count). The zero-order valence-corrected chi connectivity index (χ0v) is 19.7. The van der Waals surface area contributed by atoms with Crippen molar-refractivity contribution in [2.24, 2.45) is 0 Å². The molecule has 3 heterocycles. The average Bonchev–Trinajstić information content (AvgIpc) is 2.88. The molecule has 0 bridgehead atoms. The first kappa shape index (κ1) is 23.7. The monoisotopic (exact) mass is 466 g/mol. The van der Waals surface area contributed by atoms with Gasteiger partial charge in [-0.1, -0.05) is 12.1 Å². The summed E-state index contributed by atoms with van der Waals surface area (Å²) < 4.78 is 27.8. The highest BCUT2D eigenvalue weighted by atomic mass is 16.7. The summed E-state index contributed by atoms with van der Waals surface area (Å²) in [7, 11) is 3.24. The standard InChI is InChI=1S/C25H30N4O5/c1-17-21(10-11-22(26-17)31-3)28-25-27-19(7-12-24-32-13-4-14-33-24)15-23(29-25)34-16-18-5-8-20(30-2)9-6-18/h5-6,8-11,15,24H,4,7,12-14,16H2,1-3H3,(H,27,28,29). The summed E-state index contributed by atoms with van der Waals surface area (Å²) in [4.78, 5) is 13.7. The highest BCUT2D eigenvalue weighted by Crippen LogP contribution is 2.23. The molecule has 0 spiro atoms. The lowest BCUT2D eigenvalue weighted by atomic mass is 10.2. The van der Waals surface area contributed by atoms with Crippen molar-refractivity contribution in [1.82, 2.24) is 15.0 Å².